The Bertz CT molecular complexity index is 329. The standard InChI is InChI=1S/C9H12N2O3/c12-9(13)8-11-10-7(14-8)6-4-2-1-3-5-6/h6H,1-5H2,(H,12,13). The first-order valence-corrected chi connectivity index (χ1v) is 4.84. The van der Waals surface area contributed by atoms with Crippen LogP contribution in [-0.4, -0.2) is 21.3 Å². The highest BCUT2D eigenvalue weighted by Gasteiger charge is 2.22. The van der Waals surface area contributed by atoms with Crippen molar-refractivity contribution in [2.24, 2.45) is 0 Å². The maximum Gasteiger partial charge on any atom is 0.393 e. The van der Waals surface area contributed by atoms with Gasteiger partial charge in [0, 0.05) is 5.92 Å². The Morgan fingerprint density at radius 2 is 2.00 bits per heavy atom. The molecule has 1 aliphatic carbocycles. The molecule has 1 saturated carbocycles. The second-order valence-corrected chi connectivity index (χ2v) is 3.59. The molecule has 0 atom stereocenters. The number of rotatable bonds is 2. The first-order chi connectivity index (χ1) is 6.77. The summed E-state index contributed by atoms with van der Waals surface area (Å²) in [5.74, 6) is -0.698. The van der Waals surface area contributed by atoms with Crippen LogP contribution in [0, 0.1) is 0 Å². The zero-order valence-corrected chi connectivity index (χ0v) is 7.77. The summed E-state index contributed by atoms with van der Waals surface area (Å²) in [5.41, 5.74) is 0. The second kappa shape index (κ2) is 3.77. The van der Waals surface area contributed by atoms with E-state index in [-0.39, 0.29) is 11.8 Å². The fourth-order valence-corrected chi connectivity index (χ4v) is 1.84. The molecule has 0 amide bonds. The Morgan fingerprint density at radius 1 is 1.29 bits per heavy atom. The van der Waals surface area contributed by atoms with Crippen LogP contribution in [0.25, 0.3) is 0 Å². The van der Waals surface area contributed by atoms with E-state index >= 15 is 0 Å². The highest BCUT2D eigenvalue weighted by molar-refractivity contribution is 5.81. The molecule has 5 nitrogen and oxygen atoms in total. The molecule has 0 radical (unpaired) electrons. The lowest BCUT2D eigenvalue weighted by Crippen LogP contribution is -2.04. The Kier molecular flexibility index (Phi) is 2.47. The molecule has 0 unspecified atom stereocenters. The van der Waals surface area contributed by atoms with E-state index in [2.05, 4.69) is 10.2 Å². The second-order valence-electron chi connectivity index (χ2n) is 3.59. The molecule has 14 heavy (non-hydrogen) atoms. The maximum atomic E-state index is 10.5. The van der Waals surface area contributed by atoms with Crippen LogP contribution < -0.4 is 0 Å². The normalized spacial score (nSPS) is 18.3. The van der Waals surface area contributed by atoms with Crippen LogP contribution in [0.5, 0.6) is 0 Å². The third-order valence-electron chi connectivity index (χ3n) is 2.58. The average Bonchev–Trinajstić information content (AvgIpc) is 2.68. The van der Waals surface area contributed by atoms with Crippen LogP contribution in [0.3, 0.4) is 0 Å². The van der Waals surface area contributed by atoms with E-state index < -0.39 is 5.97 Å². The molecular weight excluding hydrogens is 184 g/mol. The molecule has 1 aromatic heterocycles. The van der Waals surface area contributed by atoms with Crippen molar-refractivity contribution in [1.29, 1.82) is 0 Å². The third-order valence-corrected chi connectivity index (χ3v) is 2.58. The van der Waals surface area contributed by atoms with E-state index in [1.165, 1.54) is 6.42 Å². The van der Waals surface area contributed by atoms with Gasteiger partial charge >= 0.3 is 11.9 Å². The molecule has 1 heterocycles. The van der Waals surface area contributed by atoms with Crippen molar-refractivity contribution in [2.45, 2.75) is 38.0 Å². The molecule has 0 aliphatic heterocycles. The van der Waals surface area contributed by atoms with Crippen molar-refractivity contribution in [3.8, 4) is 0 Å². The lowest BCUT2D eigenvalue weighted by atomic mass is 9.89. The van der Waals surface area contributed by atoms with E-state index in [0.29, 0.717) is 5.89 Å². The predicted octanol–water partition coefficient (Wildman–Crippen LogP) is 1.82. The zero-order valence-electron chi connectivity index (χ0n) is 7.77. The van der Waals surface area contributed by atoms with Gasteiger partial charge in [-0.2, -0.15) is 0 Å². The fraction of sp³-hybridized carbons (Fsp3) is 0.667. The van der Waals surface area contributed by atoms with Gasteiger partial charge in [0.05, 0.1) is 0 Å². The number of carbonyl (C=O) groups is 1. The summed E-state index contributed by atoms with van der Waals surface area (Å²) in [4.78, 5) is 10.5. The first kappa shape index (κ1) is 9.18. The van der Waals surface area contributed by atoms with Crippen LogP contribution in [0.15, 0.2) is 4.42 Å². The minimum atomic E-state index is -1.15. The summed E-state index contributed by atoms with van der Waals surface area (Å²) in [7, 11) is 0. The quantitative estimate of drug-likeness (QED) is 0.780. The SMILES string of the molecule is O=C(O)c1nnc(C2CCCCC2)o1. The van der Waals surface area contributed by atoms with Gasteiger partial charge in [0.15, 0.2) is 0 Å². The summed E-state index contributed by atoms with van der Waals surface area (Å²) in [6.07, 6.45) is 5.63. The maximum absolute atomic E-state index is 10.5. The Labute approximate surface area is 81.1 Å². The smallest absolute Gasteiger partial charge is 0.393 e. The number of nitrogens with zero attached hydrogens (tertiary/aromatic N) is 2. The molecule has 0 saturated heterocycles. The first-order valence-electron chi connectivity index (χ1n) is 4.84. The molecular formula is C9H12N2O3. The number of carboxylic acids is 1. The Hall–Kier alpha value is -1.39. The van der Waals surface area contributed by atoms with Crippen LogP contribution >= 0.6 is 0 Å². The van der Waals surface area contributed by atoms with Crippen molar-refractivity contribution < 1.29 is 14.3 Å². The number of hydrogen-bond donors (Lipinski definition) is 1. The lowest BCUT2D eigenvalue weighted by molar-refractivity contribution is 0.0650. The molecule has 0 bridgehead atoms. The third kappa shape index (κ3) is 1.76. The molecule has 0 aromatic carbocycles. The number of hydrogen-bond acceptors (Lipinski definition) is 4. The van der Waals surface area contributed by atoms with E-state index in [4.69, 9.17) is 9.52 Å². The monoisotopic (exact) mass is 196 g/mol. The average molecular weight is 196 g/mol. The highest BCUT2D eigenvalue weighted by atomic mass is 16.4. The highest BCUT2D eigenvalue weighted by Crippen LogP contribution is 2.31. The molecule has 0 spiro atoms. The van der Waals surface area contributed by atoms with Crippen LogP contribution in [-0.2, 0) is 0 Å². The number of aromatic nitrogens is 2. The van der Waals surface area contributed by atoms with Crippen molar-refractivity contribution in [2.75, 3.05) is 0 Å². The summed E-state index contributed by atoms with van der Waals surface area (Å²) in [5, 5.41) is 15.8. The van der Waals surface area contributed by atoms with Gasteiger partial charge in [0.25, 0.3) is 0 Å². The van der Waals surface area contributed by atoms with Crippen molar-refractivity contribution >= 4 is 5.97 Å². The van der Waals surface area contributed by atoms with Crippen molar-refractivity contribution in [1.82, 2.24) is 10.2 Å². The van der Waals surface area contributed by atoms with Crippen molar-refractivity contribution in [3.05, 3.63) is 11.8 Å². The predicted molar refractivity (Wildman–Crippen MR) is 47.1 cm³/mol. The molecule has 1 fully saturated rings. The van der Waals surface area contributed by atoms with Gasteiger partial charge in [-0.3, -0.25) is 0 Å². The lowest BCUT2D eigenvalue weighted by Gasteiger charge is -2.17. The van der Waals surface area contributed by atoms with E-state index in [9.17, 15) is 4.79 Å². The van der Waals surface area contributed by atoms with E-state index in [1.54, 1.807) is 0 Å². The molecule has 1 aromatic rings. The molecule has 76 valence electrons. The summed E-state index contributed by atoms with van der Waals surface area (Å²) < 4.78 is 5.06. The molecule has 1 aliphatic rings. The van der Waals surface area contributed by atoms with Gasteiger partial charge in [0.1, 0.15) is 0 Å². The summed E-state index contributed by atoms with van der Waals surface area (Å²) in [6, 6.07) is 0. The summed E-state index contributed by atoms with van der Waals surface area (Å²) >= 11 is 0. The minimum Gasteiger partial charge on any atom is -0.474 e. The topological polar surface area (TPSA) is 76.2 Å². The Balaban J connectivity index is 2.11. The van der Waals surface area contributed by atoms with E-state index in [1.807, 2.05) is 0 Å². The van der Waals surface area contributed by atoms with Crippen LogP contribution in [0.1, 0.15) is 54.6 Å². The van der Waals surface area contributed by atoms with Gasteiger partial charge in [-0.1, -0.05) is 19.3 Å². The van der Waals surface area contributed by atoms with Crippen LogP contribution in [0.2, 0.25) is 0 Å². The largest absolute Gasteiger partial charge is 0.474 e. The molecule has 2 rings (SSSR count). The van der Waals surface area contributed by atoms with Gasteiger partial charge in [-0.05, 0) is 12.8 Å². The molecule has 1 N–H and O–H groups in total. The number of carboxylic acid groups (broad SMARTS) is 1. The summed E-state index contributed by atoms with van der Waals surface area (Å²) in [6.45, 7) is 0. The molecule has 5 heteroatoms. The fourth-order valence-electron chi connectivity index (χ4n) is 1.84. The van der Waals surface area contributed by atoms with Crippen LogP contribution in [0.4, 0.5) is 0 Å². The zero-order chi connectivity index (χ0) is 9.97. The van der Waals surface area contributed by atoms with Gasteiger partial charge < -0.3 is 9.52 Å². The van der Waals surface area contributed by atoms with Gasteiger partial charge in [-0.15, -0.1) is 10.2 Å². The minimum absolute atomic E-state index is 0.268. The van der Waals surface area contributed by atoms with E-state index in [0.717, 1.165) is 25.7 Å². The van der Waals surface area contributed by atoms with Gasteiger partial charge in [-0.25, -0.2) is 4.79 Å². The van der Waals surface area contributed by atoms with Crippen molar-refractivity contribution in [3.63, 3.8) is 0 Å². The van der Waals surface area contributed by atoms with Gasteiger partial charge in [0.2, 0.25) is 5.89 Å². The number of aromatic carboxylic acids is 1. The Morgan fingerprint density at radius 3 is 2.57 bits per heavy atom.